The zero-order valence-corrected chi connectivity index (χ0v) is 19.6. The summed E-state index contributed by atoms with van der Waals surface area (Å²) in [6.45, 7) is 1.19. The first-order chi connectivity index (χ1) is 16.4. The molecule has 1 N–H and O–H groups in total. The first-order valence-corrected chi connectivity index (χ1v) is 12.4. The Morgan fingerprint density at radius 3 is 2.56 bits per heavy atom. The maximum absolute atomic E-state index is 15.0. The molecule has 5 rings (SSSR count). The van der Waals surface area contributed by atoms with Crippen molar-refractivity contribution < 1.29 is 28.6 Å². The number of imide groups is 1. The zero-order valence-electron chi connectivity index (χ0n) is 18.0. The number of carboxylic acid groups (broad SMARTS) is 1. The van der Waals surface area contributed by atoms with Crippen LogP contribution in [-0.2, 0) is 20.7 Å². The Kier molecular flexibility index (Phi) is 6.01. The van der Waals surface area contributed by atoms with Crippen molar-refractivity contribution in [2.45, 2.75) is 28.9 Å². The van der Waals surface area contributed by atoms with Gasteiger partial charge in [0.1, 0.15) is 10.7 Å². The van der Waals surface area contributed by atoms with E-state index in [0.29, 0.717) is 23.7 Å². The van der Waals surface area contributed by atoms with Crippen molar-refractivity contribution in [2.75, 3.05) is 18.1 Å². The van der Waals surface area contributed by atoms with E-state index in [2.05, 4.69) is 12.1 Å². The molecule has 0 aliphatic carbocycles. The number of anilines is 1. The van der Waals surface area contributed by atoms with Crippen LogP contribution in [0.4, 0.5) is 10.1 Å². The third kappa shape index (κ3) is 3.93. The lowest BCUT2D eigenvalue weighted by Crippen LogP contribution is -2.43. The number of amides is 2. The van der Waals surface area contributed by atoms with Gasteiger partial charge in [0.15, 0.2) is 0 Å². The van der Waals surface area contributed by atoms with Crippen molar-refractivity contribution >= 4 is 46.6 Å². The molecule has 1 fully saturated rings. The van der Waals surface area contributed by atoms with Crippen molar-refractivity contribution in [3.8, 4) is 0 Å². The molecule has 2 aliphatic heterocycles. The van der Waals surface area contributed by atoms with Crippen molar-refractivity contribution in [1.29, 1.82) is 0 Å². The lowest BCUT2D eigenvalue weighted by molar-refractivity contribution is -0.117. The normalized spacial score (nSPS) is 17.5. The number of hydrogen-bond acceptors (Lipinski definition) is 6. The SMILES string of the molecule is O=C(O)c1scc2c1C(=O)N(c1cc(SC3(c4ccccc4)CCOCC3)ccc1F)C(=O)C2. The van der Waals surface area contributed by atoms with E-state index in [1.807, 2.05) is 18.2 Å². The van der Waals surface area contributed by atoms with E-state index < -0.39 is 23.6 Å². The summed E-state index contributed by atoms with van der Waals surface area (Å²) in [4.78, 5) is 39.0. The van der Waals surface area contributed by atoms with Crippen molar-refractivity contribution in [2.24, 2.45) is 0 Å². The topological polar surface area (TPSA) is 83.9 Å². The second-order valence-corrected chi connectivity index (χ2v) is 10.5. The summed E-state index contributed by atoms with van der Waals surface area (Å²) in [5.74, 6) is -3.36. The molecule has 0 spiro atoms. The van der Waals surface area contributed by atoms with E-state index in [9.17, 15) is 23.9 Å². The summed E-state index contributed by atoms with van der Waals surface area (Å²) in [6, 6.07) is 14.4. The maximum atomic E-state index is 15.0. The summed E-state index contributed by atoms with van der Waals surface area (Å²) in [5, 5.41) is 11.0. The van der Waals surface area contributed by atoms with Gasteiger partial charge in [0.2, 0.25) is 5.91 Å². The minimum Gasteiger partial charge on any atom is -0.477 e. The lowest BCUT2D eigenvalue weighted by Gasteiger charge is -2.37. The zero-order chi connectivity index (χ0) is 23.9. The predicted molar refractivity (Wildman–Crippen MR) is 127 cm³/mol. The molecule has 0 atom stereocenters. The maximum Gasteiger partial charge on any atom is 0.346 e. The van der Waals surface area contributed by atoms with Crippen LogP contribution < -0.4 is 4.90 Å². The molecule has 9 heteroatoms. The number of fused-ring (bicyclic) bond motifs is 1. The van der Waals surface area contributed by atoms with Gasteiger partial charge in [-0.15, -0.1) is 23.1 Å². The van der Waals surface area contributed by atoms with Crippen LogP contribution in [0.2, 0.25) is 0 Å². The second-order valence-electron chi connectivity index (χ2n) is 8.17. The molecule has 0 radical (unpaired) electrons. The molecule has 1 aromatic heterocycles. The number of thiophene rings is 1. The minimum atomic E-state index is -1.25. The molecule has 1 saturated heterocycles. The Morgan fingerprint density at radius 1 is 1.12 bits per heavy atom. The van der Waals surface area contributed by atoms with Gasteiger partial charge in [0.25, 0.3) is 5.91 Å². The predicted octanol–water partition coefficient (Wildman–Crippen LogP) is 5.11. The lowest BCUT2D eigenvalue weighted by atomic mass is 9.90. The van der Waals surface area contributed by atoms with Crippen LogP contribution in [0.3, 0.4) is 0 Å². The van der Waals surface area contributed by atoms with E-state index in [4.69, 9.17) is 4.74 Å². The molecule has 6 nitrogen and oxygen atoms in total. The second kappa shape index (κ2) is 8.98. The molecule has 3 heterocycles. The van der Waals surface area contributed by atoms with E-state index in [1.54, 1.807) is 17.8 Å². The molecule has 3 aromatic rings. The van der Waals surface area contributed by atoms with Gasteiger partial charge in [-0.1, -0.05) is 30.3 Å². The van der Waals surface area contributed by atoms with Crippen LogP contribution >= 0.6 is 23.1 Å². The van der Waals surface area contributed by atoms with Gasteiger partial charge >= 0.3 is 5.97 Å². The smallest absolute Gasteiger partial charge is 0.346 e. The number of hydrogen-bond donors (Lipinski definition) is 1. The van der Waals surface area contributed by atoms with E-state index in [0.717, 1.165) is 34.6 Å². The molecule has 2 aliphatic rings. The van der Waals surface area contributed by atoms with Crippen molar-refractivity contribution in [3.05, 3.63) is 81.3 Å². The highest BCUT2D eigenvalue weighted by molar-refractivity contribution is 8.00. The van der Waals surface area contributed by atoms with Gasteiger partial charge in [0.05, 0.1) is 17.7 Å². The van der Waals surface area contributed by atoms with Gasteiger partial charge in [-0.25, -0.2) is 14.1 Å². The molecule has 2 aromatic carbocycles. The van der Waals surface area contributed by atoms with Crippen LogP contribution in [0.25, 0.3) is 0 Å². The van der Waals surface area contributed by atoms with Gasteiger partial charge in [-0.3, -0.25) is 9.59 Å². The summed E-state index contributed by atoms with van der Waals surface area (Å²) in [5.41, 5.74) is 1.29. The number of aromatic carboxylic acids is 1. The van der Waals surface area contributed by atoms with E-state index >= 15 is 0 Å². The monoisotopic (exact) mass is 497 g/mol. The number of carboxylic acids is 1. The number of nitrogens with zero attached hydrogens (tertiary/aromatic N) is 1. The standard InChI is InChI=1S/C25H20FNO5S2/c26-18-7-6-17(34-25(8-10-32-11-9-25)16-4-2-1-3-5-16)13-19(18)27-20(28)12-15-14-33-22(24(30)31)21(15)23(27)29/h1-7,13-14H,8-12H2,(H,30,31). The number of benzene rings is 2. The first-order valence-electron chi connectivity index (χ1n) is 10.7. The highest BCUT2D eigenvalue weighted by atomic mass is 32.2. The van der Waals surface area contributed by atoms with Crippen LogP contribution in [0.1, 0.15) is 44.0 Å². The molecular weight excluding hydrogens is 477 g/mol. The highest BCUT2D eigenvalue weighted by Gasteiger charge is 2.39. The molecular formula is C25H20FNO5S2. The number of carbonyl (C=O) groups is 3. The minimum absolute atomic E-state index is 0.0419. The Morgan fingerprint density at radius 2 is 1.85 bits per heavy atom. The number of thioether (sulfide) groups is 1. The number of ether oxygens (including phenoxy) is 1. The van der Waals surface area contributed by atoms with Crippen LogP contribution in [0.5, 0.6) is 0 Å². The average molecular weight is 498 g/mol. The summed E-state index contributed by atoms with van der Waals surface area (Å²) >= 11 is 2.46. The first kappa shape index (κ1) is 22.8. The van der Waals surface area contributed by atoms with Gasteiger partial charge in [0, 0.05) is 22.9 Å². The molecule has 0 saturated carbocycles. The van der Waals surface area contributed by atoms with Crippen molar-refractivity contribution in [3.63, 3.8) is 0 Å². The average Bonchev–Trinajstić information content (AvgIpc) is 3.27. The third-order valence-electron chi connectivity index (χ3n) is 6.14. The molecule has 34 heavy (non-hydrogen) atoms. The van der Waals surface area contributed by atoms with Crippen LogP contribution in [0.15, 0.2) is 58.8 Å². The quantitative estimate of drug-likeness (QED) is 0.493. The molecule has 174 valence electrons. The Labute approximate surface area is 203 Å². The van der Waals surface area contributed by atoms with Gasteiger partial charge in [-0.05, 0) is 47.5 Å². The molecule has 0 bridgehead atoms. The summed E-state index contributed by atoms with van der Waals surface area (Å²) < 4.78 is 20.3. The fraction of sp³-hybridized carbons (Fsp3) is 0.240. The number of halogens is 1. The summed E-state index contributed by atoms with van der Waals surface area (Å²) in [6.07, 6.45) is 1.36. The largest absolute Gasteiger partial charge is 0.477 e. The fourth-order valence-corrected chi connectivity index (χ4v) is 6.75. The van der Waals surface area contributed by atoms with E-state index in [1.165, 1.54) is 17.5 Å². The highest BCUT2D eigenvalue weighted by Crippen LogP contribution is 2.49. The van der Waals surface area contributed by atoms with Crippen molar-refractivity contribution in [1.82, 2.24) is 0 Å². The Bertz CT molecular complexity index is 1280. The Balaban J connectivity index is 1.53. The fourth-order valence-electron chi connectivity index (χ4n) is 4.47. The number of rotatable bonds is 5. The van der Waals surface area contributed by atoms with E-state index in [-0.39, 0.29) is 27.3 Å². The van der Waals surface area contributed by atoms with Crippen LogP contribution in [-0.4, -0.2) is 36.1 Å². The summed E-state index contributed by atoms with van der Waals surface area (Å²) in [7, 11) is 0. The molecule has 2 amide bonds. The third-order valence-corrected chi connectivity index (χ3v) is 8.68. The van der Waals surface area contributed by atoms with Gasteiger partial charge < -0.3 is 9.84 Å². The van der Waals surface area contributed by atoms with Crippen LogP contribution in [0, 0.1) is 5.82 Å². The molecule has 0 unspecified atom stereocenters. The number of carbonyl (C=O) groups excluding carboxylic acids is 2. The van der Waals surface area contributed by atoms with Gasteiger partial charge in [-0.2, -0.15) is 0 Å². The Hall–Kier alpha value is -3.01.